The van der Waals surface area contributed by atoms with Gasteiger partial charge in [0.2, 0.25) is 5.28 Å². The van der Waals surface area contributed by atoms with E-state index in [2.05, 4.69) is 15.0 Å². The normalized spacial score (nSPS) is 20.6. The SMILES string of the molecule is Nc1nc(Cl)nc2c1ncn2C1OC(COC(Cc2ccc(O)cc2)(C(=O)O)C(=O)O)CC1F. The summed E-state index contributed by atoms with van der Waals surface area (Å²) in [5.74, 6) is -3.53. The Morgan fingerprint density at radius 2 is 1.94 bits per heavy atom. The first kappa shape index (κ1) is 23.6. The van der Waals surface area contributed by atoms with E-state index in [0.717, 1.165) is 0 Å². The van der Waals surface area contributed by atoms with Crippen LogP contribution in [0.4, 0.5) is 10.2 Å². The minimum atomic E-state index is -2.65. The molecular weight excluding hydrogens is 477 g/mol. The van der Waals surface area contributed by atoms with Crippen molar-refractivity contribution in [2.75, 3.05) is 12.3 Å². The lowest BCUT2D eigenvalue weighted by atomic mass is 9.94. The molecule has 3 heterocycles. The molecule has 1 aromatic carbocycles. The number of nitrogen functional groups attached to an aromatic ring is 1. The summed E-state index contributed by atoms with van der Waals surface area (Å²) in [5, 5.41) is 28.6. The summed E-state index contributed by atoms with van der Waals surface area (Å²) >= 11 is 5.84. The average Bonchev–Trinajstić information content (AvgIpc) is 3.35. The Labute approximate surface area is 195 Å². The van der Waals surface area contributed by atoms with Gasteiger partial charge in [0.25, 0.3) is 5.60 Å². The third kappa shape index (κ3) is 4.32. The zero-order valence-electron chi connectivity index (χ0n) is 17.3. The lowest BCUT2D eigenvalue weighted by molar-refractivity contribution is -0.188. The molecule has 0 amide bonds. The Bertz CT molecular complexity index is 1220. The van der Waals surface area contributed by atoms with Crippen molar-refractivity contribution in [1.82, 2.24) is 19.5 Å². The van der Waals surface area contributed by atoms with E-state index in [0.29, 0.717) is 5.56 Å². The van der Waals surface area contributed by atoms with Crippen LogP contribution in [0.3, 0.4) is 0 Å². The van der Waals surface area contributed by atoms with E-state index in [1.165, 1.54) is 35.2 Å². The summed E-state index contributed by atoms with van der Waals surface area (Å²) in [6.07, 6.45) is -3.21. The monoisotopic (exact) mass is 495 g/mol. The second kappa shape index (κ2) is 9.00. The maximum absolute atomic E-state index is 14.9. The predicted octanol–water partition coefficient (Wildman–Crippen LogP) is 1.56. The van der Waals surface area contributed by atoms with Crippen molar-refractivity contribution in [2.45, 2.75) is 36.9 Å². The van der Waals surface area contributed by atoms with E-state index in [1.54, 1.807) is 0 Å². The molecule has 34 heavy (non-hydrogen) atoms. The number of fused-ring (bicyclic) bond motifs is 1. The first-order chi connectivity index (χ1) is 16.1. The molecule has 3 unspecified atom stereocenters. The van der Waals surface area contributed by atoms with Crippen molar-refractivity contribution in [3.63, 3.8) is 0 Å². The van der Waals surface area contributed by atoms with Gasteiger partial charge in [-0.3, -0.25) is 4.57 Å². The van der Waals surface area contributed by atoms with Crippen molar-refractivity contribution in [1.29, 1.82) is 0 Å². The molecule has 1 aliphatic rings. The number of aromatic nitrogens is 4. The van der Waals surface area contributed by atoms with Gasteiger partial charge in [-0.05, 0) is 29.3 Å². The second-order valence-corrected chi connectivity index (χ2v) is 8.03. The van der Waals surface area contributed by atoms with Crippen LogP contribution in [0.25, 0.3) is 11.2 Å². The van der Waals surface area contributed by atoms with E-state index in [1.807, 2.05) is 0 Å². The van der Waals surface area contributed by atoms with Gasteiger partial charge in [-0.25, -0.2) is 19.0 Å². The van der Waals surface area contributed by atoms with Crippen LogP contribution >= 0.6 is 11.6 Å². The number of aliphatic carboxylic acids is 2. The summed E-state index contributed by atoms with van der Waals surface area (Å²) in [6, 6.07) is 5.34. The van der Waals surface area contributed by atoms with E-state index >= 15 is 0 Å². The largest absolute Gasteiger partial charge is 0.508 e. The third-order valence-electron chi connectivity index (χ3n) is 5.42. The average molecular weight is 496 g/mol. The first-order valence-electron chi connectivity index (χ1n) is 9.94. The van der Waals surface area contributed by atoms with Gasteiger partial charge in [0.15, 0.2) is 17.7 Å². The van der Waals surface area contributed by atoms with Crippen LogP contribution in [0.1, 0.15) is 18.2 Å². The Hall–Kier alpha value is -3.55. The molecule has 4 rings (SSSR count). The van der Waals surface area contributed by atoms with Crippen LogP contribution in [0.2, 0.25) is 5.28 Å². The number of carbonyl (C=O) groups is 2. The lowest BCUT2D eigenvalue weighted by Gasteiger charge is -2.27. The van der Waals surface area contributed by atoms with Gasteiger partial charge in [0, 0.05) is 12.8 Å². The molecule has 12 nitrogen and oxygen atoms in total. The predicted molar refractivity (Wildman–Crippen MR) is 114 cm³/mol. The fourth-order valence-corrected chi connectivity index (χ4v) is 3.87. The number of hydrogen-bond donors (Lipinski definition) is 4. The first-order valence-corrected chi connectivity index (χ1v) is 10.3. The van der Waals surface area contributed by atoms with E-state index in [-0.39, 0.29) is 34.4 Å². The highest BCUT2D eigenvalue weighted by atomic mass is 35.5. The number of alkyl halides is 1. The number of aromatic hydroxyl groups is 1. The van der Waals surface area contributed by atoms with Gasteiger partial charge >= 0.3 is 11.9 Å². The fourth-order valence-electron chi connectivity index (χ4n) is 3.70. The Kier molecular flexibility index (Phi) is 6.25. The van der Waals surface area contributed by atoms with Crippen LogP contribution in [0, 0.1) is 0 Å². The van der Waals surface area contributed by atoms with Gasteiger partial charge in [0.1, 0.15) is 17.4 Å². The molecule has 3 atom stereocenters. The van der Waals surface area contributed by atoms with Crippen LogP contribution in [0.15, 0.2) is 30.6 Å². The molecule has 180 valence electrons. The molecule has 0 bridgehead atoms. The Morgan fingerprint density at radius 3 is 2.59 bits per heavy atom. The second-order valence-electron chi connectivity index (χ2n) is 7.69. The van der Waals surface area contributed by atoms with Gasteiger partial charge in [-0.15, -0.1) is 0 Å². The molecule has 1 saturated heterocycles. The van der Waals surface area contributed by atoms with Crippen LogP contribution in [-0.4, -0.2) is 71.3 Å². The van der Waals surface area contributed by atoms with Crippen molar-refractivity contribution < 1.29 is 38.8 Å². The Balaban J connectivity index is 1.52. The quantitative estimate of drug-likeness (QED) is 0.262. The molecule has 1 fully saturated rings. The number of carboxylic acids is 2. The van der Waals surface area contributed by atoms with Gasteiger partial charge in [0.05, 0.1) is 19.0 Å². The topological polar surface area (TPSA) is 183 Å². The minimum absolute atomic E-state index is 0.00368. The number of ether oxygens (including phenoxy) is 2. The fraction of sp³-hybridized carbons (Fsp3) is 0.350. The van der Waals surface area contributed by atoms with Crippen LogP contribution in [-0.2, 0) is 25.5 Å². The van der Waals surface area contributed by atoms with Crippen molar-refractivity contribution in [3.8, 4) is 5.75 Å². The smallest absolute Gasteiger partial charge is 0.348 e. The highest BCUT2D eigenvalue weighted by Gasteiger charge is 2.50. The van der Waals surface area contributed by atoms with Crippen molar-refractivity contribution >= 4 is 40.5 Å². The van der Waals surface area contributed by atoms with E-state index in [4.69, 9.17) is 26.8 Å². The number of hydrogen-bond acceptors (Lipinski definition) is 9. The van der Waals surface area contributed by atoms with Gasteiger partial charge in [-0.2, -0.15) is 9.97 Å². The molecule has 3 aromatic rings. The molecule has 0 aliphatic carbocycles. The van der Waals surface area contributed by atoms with Crippen LogP contribution in [0.5, 0.6) is 5.75 Å². The minimum Gasteiger partial charge on any atom is -0.508 e. The zero-order chi connectivity index (χ0) is 24.6. The van der Waals surface area contributed by atoms with Crippen molar-refractivity contribution in [3.05, 3.63) is 41.4 Å². The molecule has 0 saturated carbocycles. The highest BCUT2D eigenvalue weighted by Crippen LogP contribution is 2.35. The summed E-state index contributed by atoms with van der Waals surface area (Å²) in [7, 11) is 0. The standard InChI is InChI=1S/C20H19ClFN5O7/c21-19-25-14(23)13-15(26-19)27(8-24-13)16-12(22)5-11(34-16)7-33-20(17(29)30,18(31)32)6-9-1-3-10(28)4-2-9/h1-4,8,11-12,16,28H,5-7H2,(H,29,30)(H,31,32)(H2,23,25,26). The molecule has 1 aliphatic heterocycles. The lowest BCUT2D eigenvalue weighted by Crippen LogP contribution is -2.52. The number of phenols is 1. The number of nitrogens with zero attached hydrogens (tertiary/aromatic N) is 4. The molecule has 14 heteroatoms. The summed E-state index contributed by atoms with van der Waals surface area (Å²) < 4.78 is 27.2. The number of rotatable bonds is 8. The Morgan fingerprint density at radius 1 is 1.26 bits per heavy atom. The van der Waals surface area contributed by atoms with E-state index < -0.39 is 49.1 Å². The van der Waals surface area contributed by atoms with Gasteiger partial charge in [-0.1, -0.05) is 12.1 Å². The summed E-state index contributed by atoms with van der Waals surface area (Å²) in [5.41, 5.74) is 3.75. The third-order valence-corrected chi connectivity index (χ3v) is 5.59. The molecular formula is C20H19ClFN5O7. The molecule has 2 aromatic heterocycles. The number of halogens is 2. The summed E-state index contributed by atoms with van der Waals surface area (Å²) in [6.45, 7) is -0.516. The zero-order valence-corrected chi connectivity index (χ0v) is 18.1. The maximum atomic E-state index is 14.9. The number of anilines is 1. The molecule has 0 radical (unpaired) electrons. The number of imidazole rings is 1. The summed E-state index contributed by atoms with van der Waals surface area (Å²) in [4.78, 5) is 35.7. The highest BCUT2D eigenvalue weighted by molar-refractivity contribution is 6.28. The van der Waals surface area contributed by atoms with Crippen LogP contribution < -0.4 is 5.73 Å². The number of benzene rings is 1. The number of nitrogens with two attached hydrogens (primary N) is 1. The number of carboxylic acid groups (broad SMARTS) is 2. The molecule has 5 N–H and O–H groups in total. The maximum Gasteiger partial charge on any atom is 0.348 e. The van der Waals surface area contributed by atoms with Gasteiger partial charge < -0.3 is 30.5 Å². The van der Waals surface area contributed by atoms with Crippen molar-refractivity contribution in [2.24, 2.45) is 0 Å². The molecule has 0 spiro atoms. The van der Waals surface area contributed by atoms with E-state index in [9.17, 15) is 29.3 Å². The number of phenolic OH excluding ortho intramolecular Hbond substituents is 1.